The summed E-state index contributed by atoms with van der Waals surface area (Å²) in [4.78, 5) is 16.1. The van der Waals surface area contributed by atoms with Gasteiger partial charge in [-0.3, -0.25) is 0 Å². The fourth-order valence-electron chi connectivity index (χ4n) is 3.33. The maximum Gasteiger partial charge on any atom is 0.416 e. The number of amides is 2. The number of nitrogens with one attached hydrogen (secondary N) is 2. The zero-order valence-electron chi connectivity index (χ0n) is 17.0. The molecule has 0 saturated carbocycles. The Morgan fingerprint density at radius 1 is 1.15 bits per heavy atom. The highest BCUT2D eigenvalue weighted by Crippen LogP contribution is 2.33. The Labute approximate surface area is 190 Å². The monoisotopic (exact) mass is 465 g/mol. The van der Waals surface area contributed by atoms with Crippen molar-refractivity contribution in [3.63, 3.8) is 0 Å². The SMILES string of the molecule is [B]c1c(C#N)c(-c2ccc(NC(=O)Nc3cc(C(F)(F)F)ccc3F)cc2)c2c(N)ncnn12. The first-order chi connectivity index (χ1) is 16.1. The molecule has 0 bridgehead atoms. The quantitative estimate of drug-likeness (QED) is 0.316. The summed E-state index contributed by atoms with van der Waals surface area (Å²) < 4.78 is 53.7. The van der Waals surface area contributed by atoms with Crippen molar-refractivity contribution in [2.75, 3.05) is 16.4 Å². The molecule has 0 spiro atoms. The number of nitrogens with two attached hydrogens (primary N) is 1. The van der Waals surface area contributed by atoms with Crippen molar-refractivity contribution in [2.24, 2.45) is 0 Å². The standard InChI is InChI=1S/C21H12BF4N7O/c22-18-13(8-27)16(17-19(28)29-9-30-33(17)18)10-1-4-12(5-2-10)31-20(34)32-15-7-11(21(24,25)26)3-6-14(15)23/h1-7,9H,(H2,28,29,30)(H2,31,32,34). The lowest BCUT2D eigenvalue weighted by Crippen LogP contribution is -2.20. The van der Waals surface area contributed by atoms with Crippen molar-refractivity contribution < 1.29 is 22.4 Å². The maximum atomic E-state index is 13.9. The molecule has 0 fully saturated rings. The summed E-state index contributed by atoms with van der Waals surface area (Å²) in [6.07, 6.45) is -3.50. The second-order valence-corrected chi connectivity index (χ2v) is 7.00. The van der Waals surface area contributed by atoms with Gasteiger partial charge in [-0.2, -0.15) is 23.5 Å². The first-order valence-electron chi connectivity index (χ1n) is 9.46. The molecule has 0 aliphatic rings. The lowest BCUT2D eigenvalue weighted by Gasteiger charge is -2.12. The number of hydrogen-bond donors (Lipinski definition) is 3. The van der Waals surface area contributed by atoms with Crippen LogP contribution in [0.3, 0.4) is 0 Å². The van der Waals surface area contributed by atoms with Crippen LogP contribution < -0.4 is 22.0 Å². The lowest BCUT2D eigenvalue weighted by molar-refractivity contribution is -0.137. The molecular formula is C21H12BF4N7O. The Hall–Kier alpha value is -4.60. The van der Waals surface area contributed by atoms with Gasteiger partial charge in [-0.1, -0.05) is 12.1 Å². The normalized spacial score (nSPS) is 11.3. The van der Waals surface area contributed by atoms with Gasteiger partial charge in [0.25, 0.3) is 0 Å². The van der Waals surface area contributed by atoms with E-state index < -0.39 is 29.3 Å². The summed E-state index contributed by atoms with van der Waals surface area (Å²) in [6, 6.07) is 8.79. The number of carbonyl (C=O) groups excluding carboxylic acids is 1. The summed E-state index contributed by atoms with van der Waals surface area (Å²) in [5.74, 6) is -0.927. The molecule has 2 aromatic heterocycles. The van der Waals surface area contributed by atoms with Gasteiger partial charge >= 0.3 is 12.2 Å². The number of aromatic nitrogens is 3. The smallest absolute Gasteiger partial charge is 0.382 e. The van der Waals surface area contributed by atoms with E-state index in [2.05, 4.69) is 15.4 Å². The predicted octanol–water partition coefficient (Wildman–Crippen LogP) is 3.45. The van der Waals surface area contributed by atoms with Gasteiger partial charge in [0.2, 0.25) is 0 Å². The van der Waals surface area contributed by atoms with Gasteiger partial charge in [-0.25, -0.2) is 18.7 Å². The first kappa shape index (κ1) is 22.6. The van der Waals surface area contributed by atoms with E-state index >= 15 is 0 Å². The topological polar surface area (TPSA) is 121 Å². The van der Waals surface area contributed by atoms with E-state index in [0.717, 1.165) is 0 Å². The Morgan fingerprint density at radius 2 is 1.85 bits per heavy atom. The number of carbonyl (C=O) groups is 1. The van der Waals surface area contributed by atoms with Gasteiger partial charge in [0.05, 0.1) is 16.8 Å². The number of benzene rings is 2. The van der Waals surface area contributed by atoms with Crippen LogP contribution in [0.2, 0.25) is 0 Å². The van der Waals surface area contributed by atoms with Crippen LogP contribution >= 0.6 is 0 Å². The van der Waals surface area contributed by atoms with Crippen molar-refractivity contribution in [1.29, 1.82) is 5.26 Å². The third-order valence-electron chi connectivity index (χ3n) is 4.87. The second kappa shape index (κ2) is 8.40. The number of nitrogen functional groups attached to an aromatic ring is 1. The number of nitrogens with zero attached hydrogens (tertiary/aromatic N) is 4. The minimum atomic E-state index is -4.69. The molecule has 2 radical (unpaired) electrons. The van der Waals surface area contributed by atoms with Crippen molar-refractivity contribution in [2.45, 2.75) is 6.18 Å². The second-order valence-electron chi connectivity index (χ2n) is 7.00. The van der Waals surface area contributed by atoms with E-state index in [1.165, 1.54) is 23.0 Å². The summed E-state index contributed by atoms with van der Waals surface area (Å²) in [5.41, 5.74) is 5.89. The van der Waals surface area contributed by atoms with Gasteiger partial charge in [0.1, 0.15) is 31.6 Å². The van der Waals surface area contributed by atoms with Crippen LogP contribution in [0.1, 0.15) is 11.1 Å². The minimum Gasteiger partial charge on any atom is -0.382 e. The molecule has 4 N–H and O–H groups in total. The van der Waals surface area contributed by atoms with Gasteiger partial charge in [-0.15, -0.1) is 0 Å². The van der Waals surface area contributed by atoms with E-state index in [0.29, 0.717) is 34.8 Å². The molecule has 13 heteroatoms. The third-order valence-corrected chi connectivity index (χ3v) is 4.87. The Kier molecular flexibility index (Phi) is 5.58. The number of anilines is 3. The summed E-state index contributed by atoms with van der Waals surface area (Å²) in [5, 5.41) is 18.0. The molecule has 0 saturated heterocycles. The Morgan fingerprint density at radius 3 is 2.50 bits per heavy atom. The molecule has 8 nitrogen and oxygen atoms in total. The number of nitriles is 1. The molecular weight excluding hydrogens is 453 g/mol. The fraction of sp³-hybridized carbons (Fsp3) is 0.0476. The molecule has 2 amide bonds. The zero-order chi connectivity index (χ0) is 24.6. The number of fused-ring (bicyclic) bond motifs is 1. The maximum absolute atomic E-state index is 13.9. The van der Waals surface area contributed by atoms with Crippen LogP contribution in [0.4, 0.5) is 39.5 Å². The van der Waals surface area contributed by atoms with E-state index in [-0.39, 0.29) is 22.7 Å². The average molecular weight is 465 g/mol. The average Bonchev–Trinajstić information content (AvgIpc) is 3.08. The van der Waals surface area contributed by atoms with Crippen LogP contribution in [-0.4, -0.2) is 28.5 Å². The molecule has 0 atom stereocenters. The molecule has 34 heavy (non-hydrogen) atoms. The van der Waals surface area contributed by atoms with Crippen LogP contribution in [0.25, 0.3) is 16.6 Å². The van der Waals surface area contributed by atoms with Crippen LogP contribution in [-0.2, 0) is 6.18 Å². The van der Waals surface area contributed by atoms with Gasteiger partial charge in [0.15, 0.2) is 5.82 Å². The molecule has 2 aromatic carbocycles. The van der Waals surface area contributed by atoms with Crippen LogP contribution in [0.15, 0.2) is 48.8 Å². The molecule has 4 rings (SSSR count). The fourth-order valence-corrected chi connectivity index (χ4v) is 3.33. The number of urea groups is 1. The van der Waals surface area contributed by atoms with Crippen molar-refractivity contribution in [1.82, 2.24) is 14.6 Å². The van der Waals surface area contributed by atoms with Crippen LogP contribution in [0.5, 0.6) is 0 Å². The largest absolute Gasteiger partial charge is 0.416 e. The van der Waals surface area contributed by atoms with Crippen molar-refractivity contribution in [3.05, 3.63) is 65.7 Å². The van der Waals surface area contributed by atoms with Crippen LogP contribution in [0, 0.1) is 17.1 Å². The van der Waals surface area contributed by atoms with E-state index in [4.69, 9.17) is 13.6 Å². The van der Waals surface area contributed by atoms with Gasteiger partial charge < -0.3 is 16.4 Å². The molecule has 0 aliphatic heterocycles. The third kappa shape index (κ3) is 4.08. The minimum absolute atomic E-state index is 0.0753. The van der Waals surface area contributed by atoms with Gasteiger partial charge in [-0.05, 0) is 35.9 Å². The number of halogens is 4. The number of rotatable bonds is 3. The molecule has 2 heterocycles. The molecule has 0 unspecified atom stereocenters. The highest BCUT2D eigenvalue weighted by atomic mass is 19.4. The zero-order valence-corrected chi connectivity index (χ0v) is 17.0. The summed E-state index contributed by atoms with van der Waals surface area (Å²) >= 11 is 0. The Bertz CT molecular complexity index is 1460. The van der Waals surface area contributed by atoms with E-state index in [9.17, 15) is 27.6 Å². The lowest BCUT2D eigenvalue weighted by atomic mass is 9.94. The number of alkyl halides is 3. The van der Waals surface area contributed by atoms with E-state index in [1.54, 1.807) is 12.1 Å². The summed E-state index contributed by atoms with van der Waals surface area (Å²) in [7, 11) is 6.00. The van der Waals surface area contributed by atoms with Gasteiger partial charge in [0, 0.05) is 16.8 Å². The molecule has 0 aliphatic carbocycles. The predicted molar refractivity (Wildman–Crippen MR) is 117 cm³/mol. The summed E-state index contributed by atoms with van der Waals surface area (Å²) in [6.45, 7) is 0. The highest BCUT2D eigenvalue weighted by molar-refractivity contribution is 6.34. The van der Waals surface area contributed by atoms with Crippen molar-refractivity contribution >= 4 is 42.2 Å². The highest BCUT2D eigenvalue weighted by Gasteiger charge is 2.31. The first-order valence-corrected chi connectivity index (χ1v) is 9.46. The molecule has 4 aromatic rings. The Balaban J connectivity index is 1.59. The van der Waals surface area contributed by atoms with E-state index in [1.807, 2.05) is 11.4 Å². The molecule has 168 valence electrons. The van der Waals surface area contributed by atoms with Crippen molar-refractivity contribution in [3.8, 4) is 17.2 Å². The number of hydrogen-bond acceptors (Lipinski definition) is 5.